The van der Waals surface area contributed by atoms with E-state index in [0.717, 1.165) is 12.5 Å². The zero-order valence-corrected chi connectivity index (χ0v) is 11.7. The molecule has 2 atom stereocenters. The van der Waals surface area contributed by atoms with Gasteiger partial charge in [0.05, 0.1) is 6.20 Å². The van der Waals surface area contributed by atoms with E-state index < -0.39 is 0 Å². The maximum atomic E-state index is 4.36. The predicted molar refractivity (Wildman–Crippen MR) is 71.2 cm³/mol. The third-order valence-electron chi connectivity index (χ3n) is 3.84. The molecule has 1 aromatic rings. The Hall–Kier alpha value is -0.830. The Balaban J connectivity index is 2.00. The maximum Gasteiger partial charge on any atom is 0.0521 e. The van der Waals surface area contributed by atoms with Crippen molar-refractivity contribution in [2.45, 2.75) is 52.0 Å². The van der Waals surface area contributed by atoms with Gasteiger partial charge in [0.2, 0.25) is 0 Å². The zero-order valence-electron chi connectivity index (χ0n) is 11.7. The number of aromatic nitrogens is 2. The van der Waals surface area contributed by atoms with Gasteiger partial charge in [-0.1, -0.05) is 0 Å². The monoisotopic (exact) mass is 235 g/mol. The molecular formula is C14H25N3. The number of rotatable bonds is 3. The largest absolute Gasteiger partial charge is 0.312 e. The van der Waals surface area contributed by atoms with Crippen LogP contribution < -0.4 is 5.32 Å². The lowest BCUT2D eigenvalue weighted by molar-refractivity contribution is 0.217. The van der Waals surface area contributed by atoms with E-state index in [4.69, 9.17) is 0 Å². The summed E-state index contributed by atoms with van der Waals surface area (Å²) in [6.45, 7) is 10.00. The number of aryl methyl sites for hydroxylation is 2. The van der Waals surface area contributed by atoms with Gasteiger partial charge in [-0.25, -0.2) is 0 Å². The fraction of sp³-hybridized carbons (Fsp3) is 0.786. The molecule has 0 amide bonds. The number of nitrogens with zero attached hydrogens (tertiary/aromatic N) is 2. The first kappa shape index (κ1) is 12.6. The predicted octanol–water partition coefficient (Wildman–Crippen LogP) is 2.61. The van der Waals surface area contributed by atoms with E-state index in [-0.39, 0.29) is 5.54 Å². The minimum Gasteiger partial charge on any atom is -0.312 e. The van der Waals surface area contributed by atoms with Crippen LogP contribution >= 0.6 is 0 Å². The first-order valence-electron chi connectivity index (χ1n) is 6.62. The normalized spacial score (nSPS) is 24.8. The van der Waals surface area contributed by atoms with Crippen LogP contribution in [-0.4, -0.2) is 21.9 Å². The van der Waals surface area contributed by atoms with Gasteiger partial charge in [-0.15, -0.1) is 0 Å². The van der Waals surface area contributed by atoms with Crippen molar-refractivity contribution in [3.8, 4) is 0 Å². The summed E-state index contributed by atoms with van der Waals surface area (Å²) in [6, 6.07) is 0. The smallest absolute Gasteiger partial charge is 0.0521 e. The van der Waals surface area contributed by atoms with Gasteiger partial charge in [-0.3, -0.25) is 4.68 Å². The quantitative estimate of drug-likeness (QED) is 0.873. The topological polar surface area (TPSA) is 29.9 Å². The lowest BCUT2D eigenvalue weighted by Gasteiger charge is -2.39. The molecule has 0 radical (unpaired) electrons. The molecule has 0 aliphatic heterocycles. The van der Waals surface area contributed by atoms with E-state index in [1.807, 2.05) is 6.20 Å². The van der Waals surface area contributed by atoms with E-state index >= 15 is 0 Å². The van der Waals surface area contributed by atoms with Crippen molar-refractivity contribution in [3.63, 3.8) is 0 Å². The average Bonchev–Trinajstić information content (AvgIpc) is 2.46. The van der Waals surface area contributed by atoms with Crippen LogP contribution in [0.2, 0.25) is 0 Å². The van der Waals surface area contributed by atoms with Crippen LogP contribution in [0.25, 0.3) is 0 Å². The van der Waals surface area contributed by atoms with Gasteiger partial charge in [0.1, 0.15) is 0 Å². The second-order valence-corrected chi connectivity index (χ2v) is 6.41. The van der Waals surface area contributed by atoms with Crippen molar-refractivity contribution in [1.82, 2.24) is 15.1 Å². The maximum absolute atomic E-state index is 4.36. The van der Waals surface area contributed by atoms with Gasteiger partial charge in [0.15, 0.2) is 0 Å². The number of nitrogens with one attached hydrogen (secondary N) is 1. The fourth-order valence-electron chi connectivity index (χ4n) is 2.70. The summed E-state index contributed by atoms with van der Waals surface area (Å²) < 4.78 is 2.06. The summed E-state index contributed by atoms with van der Waals surface area (Å²) in [6.07, 6.45) is 4.65. The Bertz CT molecular complexity index is 367. The Kier molecular flexibility index (Phi) is 3.30. The van der Waals surface area contributed by atoms with Gasteiger partial charge in [-0.2, -0.15) is 5.10 Å². The molecule has 1 aliphatic carbocycles. The molecule has 1 N–H and O–H groups in total. The van der Waals surface area contributed by atoms with Crippen LogP contribution in [0.15, 0.2) is 6.20 Å². The molecule has 0 spiro atoms. The minimum absolute atomic E-state index is 0.224. The van der Waals surface area contributed by atoms with Crippen LogP contribution in [0.3, 0.4) is 0 Å². The molecule has 1 fully saturated rings. The summed E-state index contributed by atoms with van der Waals surface area (Å²) in [7, 11) is 2.06. The highest BCUT2D eigenvalue weighted by Gasteiger charge is 2.35. The number of hydrogen-bond donors (Lipinski definition) is 1. The molecule has 1 heterocycles. The Morgan fingerprint density at radius 2 is 2.12 bits per heavy atom. The Morgan fingerprint density at radius 3 is 2.53 bits per heavy atom. The summed E-state index contributed by atoms with van der Waals surface area (Å²) in [4.78, 5) is 0. The van der Waals surface area contributed by atoms with E-state index in [0.29, 0.717) is 5.92 Å². The first-order valence-corrected chi connectivity index (χ1v) is 6.62. The third-order valence-corrected chi connectivity index (χ3v) is 3.84. The van der Waals surface area contributed by atoms with Crippen LogP contribution in [0.5, 0.6) is 0 Å². The first-order chi connectivity index (χ1) is 7.88. The van der Waals surface area contributed by atoms with Crippen LogP contribution in [0.1, 0.15) is 50.8 Å². The Labute approximate surface area is 105 Å². The molecule has 3 nitrogen and oxygen atoms in total. The average molecular weight is 235 g/mol. The minimum atomic E-state index is 0.224. The molecule has 2 rings (SSSR count). The molecular weight excluding hydrogens is 210 g/mol. The molecule has 17 heavy (non-hydrogen) atoms. The van der Waals surface area contributed by atoms with E-state index in [2.05, 4.69) is 49.8 Å². The van der Waals surface area contributed by atoms with Gasteiger partial charge in [-0.05, 0) is 58.6 Å². The molecule has 96 valence electrons. The zero-order chi connectivity index (χ0) is 12.6. The standard InChI is InChI=1S/C14H25N3/c1-10-8-16-17(5)13(10)12-7-6-11(12)9-15-14(2,3)4/h8,11-12,15H,6-7,9H2,1-5H3. The fourth-order valence-corrected chi connectivity index (χ4v) is 2.70. The lowest BCUT2D eigenvalue weighted by atomic mass is 9.71. The molecule has 3 heteroatoms. The van der Waals surface area contributed by atoms with Crippen molar-refractivity contribution >= 4 is 0 Å². The van der Waals surface area contributed by atoms with Crippen LogP contribution in [0, 0.1) is 12.8 Å². The molecule has 1 aromatic heterocycles. The van der Waals surface area contributed by atoms with Crippen molar-refractivity contribution in [3.05, 3.63) is 17.5 Å². The molecule has 0 saturated heterocycles. The van der Waals surface area contributed by atoms with Crippen molar-refractivity contribution in [2.75, 3.05) is 6.54 Å². The highest BCUT2D eigenvalue weighted by Crippen LogP contribution is 2.43. The van der Waals surface area contributed by atoms with E-state index in [9.17, 15) is 0 Å². The van der Waals surface area contributed by atoms with Gasteiger partial charge in [0, 0.05) is 24.2 Å². The Morgan fingerprint density at radius 1 is 1.41 bits per heavy atom. The van der Waals surface area contributed by atoms with E-state index in [1.165, 1.54) is 24.1 Å². The van der Waals surface area contributed by atoms with E-state index in [1.54, 1.807) is 0 Å². The molecule has 1 aliphatic rings. The highest BCUT2D eigenvalue weighted by molar-refractivity contribution is 5.23. The highest BCUT2D eigenvalue weighted by atomic mass is 15.3. The summed E-state index contributed by atoms with van der Waals surface area (Å²) in [5.74, 6) is 1.49. The summed E-state index contributed by atoms with van der Waals surface area (Å²) in [5, 5.41) is 7.98. The van der Waals surface area contributed by atoms with Crippen LogP contribution in [-0.2, 0) is 7.05 Å². The molecule has 2 unspecified atom stereocenters. The second-order valence-electron chi connectivity index (χ2n) is 6.41. The molecule has 0 bridgehead atoms. The summed E-state index contributed by atoms with van der Waals surface area (Å²) in [5.41, 5.74) is 3.01. The van der Waals surface area contributed by atoms with Gasteiger partial charge in [0.25, 0.3) is 0 Å². The van der Waals surface area contributed by atoms with Gasteiger partial charge >= 0.3 is 0 Å². The van der Waals surface area contributed by atoms with Gasteiger partial charge < -0.3 is 5.32 Å². The van der Waals surface area contributed by atoms with Crippen molar-refractivity contribution in [2.24, 2.45) is 13.0 Å². The SMILES string of the molecule is Cc1cnn(C)c1C1CCC1CNC(C)(C)C. The molecule has 1 saturated carbocycles. The van der Waals surface area contributed by atoms with Crippen LogP contribution in [0.4, 0.5) is 0 Å². The summed E-state index contributed by atoms with van der Waals surface area (Å²) >= 11 is 0. The van der Waals surface area contributed by atoms with Crippen molar-refractivity contribution < 1.29 is 0 Å². The third kappa shape index (κ3) is 2.71. The second kappa shape index (κ2) is 4.45. The number of hydrogen-bond acceptors (Lipinski definition) is 2. The lowest BCUT2D eigenvalue weighted by Crippen LogP contribution is -2.43. The molecule has 0 aromatic carbocycles. The van der Waals surface area contributed by atoms with Crippen molar-refractivity contribution in [1.29, 1.82) is 0 Å².